The van der Waals surface area contributed by atoms with Crippen molar-refractivity contribution in [3.8, 4) is 0 Å². The van der Waals surface area contributed by atoms with E-state index in [0.717, 1.165) is 0 Å². The largest absolute Gasteiger partial charge is 0.450 e. The quantitative estimate of drug-likeness (QED) is 0.683. The minimum atomic E-state index is -0.711. The molecule has 0 saturated heterocycles. The van der Waals surface area contributed by atoms with E-state index >= 15 is 0 Å². The smallest absolute Gasteiger partial charge is 0.404 e. The predicted octanol–water partition coefficient (Wildman–Crippen LogP) is 0.379. The number of carbonyl (C=O) groups is 2. The fourth-order valence-corrected chi connectivity index (χ4v) is 0.452. The first-order valence-corrected chi connectivity index (χ1v) is 4.33. The van der Waals surface area contributed by atoms with Crippen LogP contribution in [0.4, 0.5) is 9.59 Å². The van der Waals surface area contributed by atoms with Gasteiger partial charge in [-0.15, -0.1) is 0 Å². The lowest BCUT2D eigenvalue weighted by Crippen LogP contribution is -2.34. The van der Waals surface area contributed by atoms with Crippen LogP contribution in [0.2, 0.25) is 0 Å². The summed E-state index contributed by atoms with van der Waals surface area (Å²) in [5, 5.41) is 2.63. The van der Waals surface area contributed by atoms with Gasteiger partial charge >= 0.3 is 12.1 Å². The van der Waals surface area contributed by atoms with E-state index in [1.807, 2.05) is 6.92 Å². The average Bonchev–Trinajstić information content (AvgIpc) is 2.05. The summed E-state index contributed by atoms with van der Waals surface area (Å²) >= 11 is 0. The number of nitrogens with two attached hydrogens (primary N) is 1. The highest BCUT2D eigenvalue weighted by Crippen LogP contribution is 1.73. The van der Waals surface area contributed by atoms with Gasteiger partial charge in [-0.3, -0.25) is 0 Å². The molecular formula is C8H19N3O3. The molecule has 3 amide bonds. The van der Waals surface area contributed by atoms with Gasteiger partial charge in [-0.1, -0.05) is 0 Å². The van der Waals surface area contributed by atoms with Crippen LogP contribution in [-0.2, 0) is 4.74 Å². The molecule has 0 saturated carbocycles. The van der Waals surface area contributed by atoms with Crippen LogP contribution in [0.1, 0.15) is 13.8 Å². The second-order valence-electron chi connectivity index (χ2n) is 2.48. The highest BCUT2D eigenvalue weighted by molar-refractivity contribution is 5.73. The number of hydrogen-bond donors (Lipinski definition) is 2. The van der Waals surface area contributed by atoms with E-state index in [0.29, 0.717) is 13.2 Å². The van der Waals surface area contributed by atoms with Crippen LogP contribution in [0.25, 0.3) is 0 Å². The van der Waals surface area contributed by atoms with Crippen molar-refractivity contribution in [2.75, 3.05) is 27.2 Å². The summed E-state index contributed by atoms with van der Waals surface area (Å²) in [5.74, 6) is 0. The van der Waals surface area contributed by atoms with Crippen LogP contribution >= 0.6 is 0 Å². The number of amides is 3. The Balaban J connectivity index is 0. The summed E-state index contributed by atoms with van der Waals surface area (Å²) in [6.07, 6.45) is -0.711. The molecule has 0 unspecified atom stereocenters. The number of ether oxygens (including phenoxy) is 1. The Morgan fingerprint density at radius 2 is 1.86 bits per heavy atom. The molecule has 14 heavy (non-hydrogen) atoms. The van der Waals surface area contributed by atoms with Crippen LogP contribution in [0.5, 0.6) is 0 Å². The summed E-state index contributed by atoms with van der Waals surface area (Å²) in [6.45, 7) is 4.64. The summed E-state index contributed by atoms with van der Waals surface area (Å²) in [5.41, 5.74) is 4.54. The maximum Gasteiger partial charge on any atom is 0.404 e. The molecule has 0 aromatic heterocycles. The van der Waals surface area contributed by atoms with Gasteiger partial charge in [-0.25, -0.2) is 9.59 Å². The first kappa shape index (κ1) is 15.0. The summed E-state index contributed by atoms with van der Waals surface area (Å²) < 4.78 is 4.18. The van der Waals surface area contributed by atoms with E-state index in [4.69, 9.17) is 0 Å². The van der Waals surface area contributed by atoms with Crippen molar-refractivity contribution >= 4 is 12.1 Å². The number of hydrogen-bond acceptors (Lipinski definition) is 3. The fraction of sp³-hybridized carbons (Fsp3) is 0.750. The lowest BCUT2D eigenvalue weighted by molar-refractivity contribution is 0.163. The molecule has 0 aliphatic rings. The lowest BCUT2D eigenvalue weighted by Gasteiger charge is -2.09. The zero-order valence-electron chi connectivity index (χ0n) is 9.16. The first-order valence-electron chi connectivity index (χ1n) is 4.33. The highest BCUT2D eigenvalue weighted by Gasteiger charge is 1.96. The van der Waals surface area contributed by atoms with E-state index in [1.165, 1.54) is 4.90 Å². The van der Waals surface area contributed by atoms with Crippen molar-refractivity contribution in [2.45, 2.75) is 13.8 Å². The average molecular weight is 205 g/mol. The standard InChI is InChI=1S/C5H12N2O.C3H7NO2/c1-4-6-5(8)7(2)3;1-2-6-3(4)5/h4H2,1-3H3,(H,6,8);2H2,1H3,(H2,4,5). The number of rotatable bonds is 2. The van der Waals surface area contributed by atoms with Gasteiger partial charge in [0.1, 0.15) is 0 Å². The van der Waals surface area contributed by atoms with Crippen LogP contribution in [0.15, 0.2) is 0 Å². The van der Waals surface area contributed by atoms with Crippen LogP contribution in [0.3, 0.4) is 0 Å². The maximum atomic E-state index is 10.6. The lowest BCUT2D eigenvalue weighted by atomic mass is 10.7. The Hall–Kier alpha value is -1.46. The van der Waals surface area contributed by atoms with E-state index in [-0.39, 0.29) is 6.03 Å². The minimum Gasteiger partial charge on any atom is -0.450 e. The molecule has 0 rings (SSSR count). The van der Waals surface area contributed by atoms with Gasteiger partial charge in [0.15, 0.2) is 0 Å². The Labute approximate surface area is 84.4 Å². The molecule has 0 radical (unpaired) electrons. The molecule has 0 aromatic rings. The number of nitrogens with one attached hydrogen (secondary N) is 1. The van der Waals surface area contributed by atoms with Crippen LogP contribution < -0.4 is 11.1 Å². The maximum absolute atomic E-state index is 10.6. The number of carbonyl (C=O) groups excluding carboxylic acids is 2. The zero-order valence-corrected chi connectivity index (χ0v) is 9.16. The second kappa shape index (κ2) is 9.63. The van der Waals surface area contributed by atoms with Crippen molar-refractivity contribution in [1.29, 1.82) is 0 Å². The molecule has 0 aliphatic carbocycles. The molecular weight excluding hydrogens is 186 g/mol. The molecule has 0 heterocycles. The van der Waals surface area contributed by atoms with Gasteiger partial charge in [0.05, 0.1) is 6.61 Å². The fourth-order valence-electron chi connectivity index (χ4n) is 0.452. The first-order chi connectivity index (χ1) is 6.45. The van der Waals surface area contributed by atoms with Crippen molar-refractivity contribution in [3.63, 3.8) is 0 Å². The van der Waals surface area contributed by atoms with E-state index in [9.17, 15) is 9.59 Å². The number of nitrogens with zero attached hydrogens (tertiary/aromatic N) is 1. The SMILES string of the molecule is CCNC(=O)N(C)C.CCOC(N)=O. The van der Waals surface area contributed by atoms with E-state index < -0.39 is 6.09 Å². The summed E-state index contributed by atoms with van der Waals surface area (Å²) in [7, 11) is 3.43. The van der Waals surface area contributed by atoms with E-state index in [1.54, 1.807) is 21.0 Å². The third kappa shape index (κ3) is 13.2. The van der Waals surface area contributed by atoms with Gasteiger partial charge in [0.2, 0.25) is 0 Å². The van der Waals surface area contributed by atoms with Crippen molar-refractivity contribution < 1.29 is 14.3 Å². The molecule has 6 nitrogen and oxygen atoms in total. The Morgan fingerprint density at radius 1 is 1.36 bits per heavy atom. The number of primary amides is 1. The molecule has 0 atom stereocenters. The van der Waals surface area contributed by atoms with Gasteiger partial charge in [-0.2, -0.15) is 0 Å². The third-order valence-corrected chi connectivity index (χ3v) is 1.02. The molecule has 84 valence electrons. The van der Waals surface area contributed by atoms with Crippen LogP contribution in [-0.4, -0.2) is 44.3 Å². The van der Waals surface area contributed by atoms with Gasteiger partial charge in [0, 0.05) is 20.6 Å². The molecule has 6 heteroatoms. The number of urea groups is 1. The third-order valence-electron chi connectivity index (χ3n) is 1.02. The summed E-state index contributed by atoms with van der Waals surface area (Å²) in [6, 6.07) is -0.0347. The van der Waals surface area contributed by atoms with E-state index in [2.05, 4.69) is 15.8 Å². The molecule has 3 N–H and O–H groups in total. The van der Waals surface area contributed by atoms with Gasteiger partial charge in [-0.05, 0) is 13.8 Å². The highest BCUT2D eigenvalue weighted by atomic mass is 16.5. The Morgan fingerprint density at radius 3 is 1.93 bits per heavy atom. The topological polar surface area (TPSA) is 84.7 Å². The van der Waals surface area contributed by atoms with Gasteiger partial charge < -0.3 is 20.7 Å². The molecule has 0 aromatic carbocycles. The normalized spacial score (nSPS) is 8.00. The zero-order chi connectivity index (χ0) is 11.6. The molecule has 0 spiro atoms. The molecule has 0 aliphatic heterocycles. The van der Waals surface area contributed by atoms with Crippen molar-refractivity contribution in [3.05, 3.63) is 0 Å². The minimum absolute atomic E-state index is 0.0347. The van der Waals surface area contributed by atoms with Crippen molar-refractivity contribution in [2.24, 2.45) is 5.73 Å². The summed E-state index contributed by atoms with van der Waals surface area (Å²) in [4.78, 5) is 21.7. The Bertz CT molecular complexity index is 171. The molecule has 0 fully saturated rings. The monoisotopic (exact) mass is 205 g/mol. The Kier molecular flexibility index (Phi) is 10.3. The second-order valence-corrected chi connectivity index (χ2v) is 2.48. The predicted molar refractivity (Wildman–Crippen MR) is 54.0 cm³/mol. The van der Waals surface area contributed by atoms with Crippen LogP contribution in [0, 0.1) is 0 Å². The molecule has 0 bridgehead atoms. The van der Waals surface area contributed by atoms with Gasteiger partial charge in [0.25, 0.3) is 0 Å². The van der Waals surface area contributed by atoms with Crippen molar-refractivity contribution in [1.82, 2.24) is 10.2 Å².